The number of hydrogen-bond acceptors (Lipinski definition) is 2. The summed E-state index contributed by atoms with van der Waals surface area (Å²) >= 11 is 3.67. The Morgan fingerprint density at radius 2 is 2.25 bits per heavy atom. The molecule has 1 heterocycles. The van der Waals surface area contributed by atoms with E-state index in [9.17, 15) is 4.79 Å². The van der Waals surface area contributed by atoms with E-state index < -0.39 is 0 Å². The largest absolute Gasteiger partial charge is 0.313 e. The molecular formula is C9H14BrNO. The monoisotopic (exact) mass is 231 g/mol. The number of alkyl halides is 1. The average Bonchev–Trinajstić information content (AvgIpc) is 2.47. The molecule has 1 aliphatic heterocycles. The van der Waals surface area contributed by atoms with E-state index in [1.165, 1.54) is 6.42 Å². The number of halogens is 1. The van der Waals surface area contributed by atoms with Gasteiger partial charge in [-0.25, -0.2) is 0 Å². The summed E-state index contributed by atoms with van der Waals surface area (Å²) in [5.41, 5.74) is 0. The molecule has 2 rings (SSSR count). The Bertz CT molecular complexity index is 185. The van der Waals surface area contributed by atoms with Crippen LogP contribution in [0.5, 0.6) is 0 Å². The van der Waals surface area contributed by atoms with E-state index in [2.05, 4.69) is 21.2 Å². The molecule has 0 aromatic carbocycles. The SMILES string of the molecule is O=CC1CCC2C(Br)CNC2C1. The number of nitrogens with one attached hydrogen (secondary N) is 1. The zero-order valence-electron chi connectivity index (χ0n) is 7.00. The maximum Gasteiger partial charge on any atom is 0.123 e. The lowest BCUT2D eigenvalue weighted by Gasteiger charge is -2.29. The minimum atomic E-state index is 0.316. The van der Waals surface area contributed by atoms with Gasteiger partial charge in [-0.1, -0.05) is 15.9 Å². The molecule has 0 aromatic rings. The van der Waals surface area contributed by atoms with Gasteiger partial charge in [0.25, 0.3) is 0 Å². The van der Waals surface area contributed by atoms with E-state index in [1.807, 2.05) is 0 Å². The summed E-state index contributed by atoms with van der Waals surface area (Å²) in [6, 6.07) is 0.596. The molecule has 0 amide bonds. The van der Waals surface area contributed by atoms with Crippen LogP contribution >= 0.6 is 15.9 Å². The minimum Gasteiger partial charge on any atom is -0.313 e. The molecule has 1 aliphatic carbocycles. The van der Waals surface area contributed by atoms with Crippen molar-refractivity contribution in [1.82, 2.24) is 5.32 Å². The topological polar surface area (TPSA) is 29.1 Å². The highest BCUT2D eigenvalue weighted by Gasteiger charge is 2.38. The molecule has 1 N–H and O–H groups in total. The predicted molar refractivity (Wildman–Crippen MR) is 51.4 cm³/mol. The van der Waals surface area contributed by atoms with Crippen LogP contribution in [-0.4, -0.2) is 23.7 Å². The van der Waals surface area contributed by atoms with Crippen LogP contribution in [0.15, 0.2) is 0 Å². The first-order valence-electron chi connectivity index (χ1n) is 4.64. The molecule has 4 atom stereocenters. The second-order valence-electron chi connectivity index (χ2n) is 3.90. The predicted octanol–water partition coefficient (Wildman–Crippen LogP) is 1.34. The van der Waals surface area contributed by atoms with Crippen LogP contribution in [0.25, 0.3) is 0 Å². The molecule has 1 saturated heterocycles. The maximum absolute atomic E-state index is 10.6. The van der Waals surface area contributed by atoms with Gasteiger partial charge in [0.05, 0.1) is 0 Å². The molecule has 2 fully saturated rings. The smallest absolute Gasteiger partial charge is 0.123 e. The third-order valence-electron chi connectivity index (χ3n) is 3.18. The lowest BCUT2D eigenvalue weighted by Crippen LogP contribution is -2.34. The van der Waals surface area contributed by atoms with Crippen molar-refractivity contribution in [1.29, 1.82) is 0 Å². The molecular weight excluding hydrogens is 218 g/mol. The number of aldehydes is 1. The summed E-state index contributed by atoms with van der Waals surface area (Å²) in [5.74, 6) is 1.08. The molecule has 2 aliphatic rings. The summed E-state index contributed by atoms with van der Waals surface area (Å²) in [6.07, 6.45) is 4.47. The number of rotatable bonds is 1. The first kappa shape index (κ1) is 8.70. The van der Waals surface area contributed by atoms with Crippen LogP contribution in [0, 0.1) is 11.8 Å². The van der Waals surface area contributed by atoms with Crippen LogP contribution in [0.1, 0.15) is 19.3 Å². The van der Waals surface area contributed by atoms with Crippen molar-refractivity contribution in [3.63, 3.8) is 0 Å². The van der Waals surface area contributed by atoms with Gasteiger partial charge in [-0.05, 0) is 25.2 Å². The van der Waals surface area contributed by atoms with Gasteiger partial charge in [0.2, 0.25) is 0 Å². The van der Waals surface area contributed by atoms with Crippen molar-refractivity contribution in [3.05, 3.63) is 0 Å². The average molecular weight is 232 g/mol. The summed E-state index contributed by atoms with van der Waals surface area (Å²) in [6.45, 7) is 1.07. The molecule has 3 heteroatoms. The lowest BCUT2D eigenvalue weighted by atomic mass is 9.80. The van der Waals surface area contributed by atoms with E-state index in [4.69, 9.17) is 0 Å². The molecule has 68 valence electrons. The maximum atomic E-state index is 10.6. The highest BCUT2D eigenvalue weighted by Crippen LogP contribution is 2.36. The van der Waals surface area contributed by atoms with Crippen LogP contribution in [0.2, 0.25) is 0 Å². The van der Waals surface area contributed by atoms with E-state index >= 15 is 0 Å². The fourth-order valence-corrected chi connectivity index (χ4v) is 3.25. The van der Waals surface area contributed by atoms with E-state index in [-0.39, 0.29) is 0 Å². The molecule has 0 radical (unpaired) electrons. The molecule has 2 nitrogen and oxygen atoms in total. The van der Waals surface area contributed by atoms with Crippen LogP contribution in [0.3, 0.4) is 0 Å². The molecule has 0 bridgehead atoms. The van der Waals surface area contributed by atoms with E-state index in [0.717, 1.165) is 31.6 Å². The fraction of sp³-hybridized carbons (Fsp3) is 0.889. The molecule has 0 spiro atoms. The third-order valence-corrected chi connectivity index (χ3v) is 4.18. The number of carbonyl (C=O) groups is 1. The number of carbonyl (C=O) groups excluding carboxylic acids is 1. The van der Waals surface area contributed by atoms with Crippen LogP contribution in [-0.2, 0) is 4.79 Å². The highest BCUT2D eigenvalue weighted by molar-refractivity contribution is 9.09. The lowest BCUT2D eigenvalue weighted by molar-refractivity contribution is -0.112. The Morgan fingerprint density at radius 1 is 1.42 bits per heavy atom. The summed E-state index contributed by atoms with van der Waals surface area (Å²) in [4.78, 5) is 11.2. The van der Waals surface area contributed by atoms with Crippen molar-refractivity contribution in [2.24, 2.45) is 11.8 Å². The van der Waals surface area contributed by atoms with E-state index in [0.29, 0.717) is 16.8 Å². The Hall–Kier alpha value is 0.110. The second kappa shape index (κ2) is 3.46. The van der Waals surface area contributed by atoms with Gasteiger partial charge < -0.3 is 10.1 Å². The van der Waals surface area contributed by atoms with Gasteiger partial charge in [0.15, 0.2) is 0 Å². The van der Waals surface area contributed by atoms with Crippen LogP contribution in [0.4, 0.5) is 0 Å². The van der Waals surface area contributed by atoms with Gasteiger partial charge in [0, 0.05) is 23.3 Å². The van der Waals surface area contributed by atoms with Crippen molar-refractivity contribution >= 4 is 22.2 Å². The highest BCUT2D eigenvalue weighted by atomic mass is 79.9. The van der Waals surface area contributed by atoms with Gasteiger partial charge in [-0.2, -0.15) is 0 Å². The zero-order chi connectivity index (χ0) is 8.55. The standard InChI is InChI=1S/C9H14BrNO/c10-8-4-11-9-3-6(5-12)1-2-7(8)9/h5-9,11H,1-4H2. The Balaban J connectivity index is 1.99. The zero-order valence-corrected chi connectivity index (χ0v) is 8.59. The van der Waals surface area contributed by atoms with E-state index in [1.54, 1.807) is 0 Å². The molecule has 12 heavy (non-hydrogen) atoms. The summed E-state index contributed by atoms with van der Waals surface area (Å²) in [7, 11) is 0. The van der Waals surface area contributed by atoms with Gasteiger partial charge in [0.1, 0.15) is 6.29 Å². The first-order valence-corrected chi connectivity index (χ1v) is 5.55. The molecule has 1 saturated carbocycles. The Labute approximate surface area is 81.2 Å². The Morgan fingerprint density at radius 3 is 3.00 bits per heavy atom. The third kappa shape index (κ3) is 1.44. The summed E-state index contributed by atoms with van der Waals surface area (Å²) in [5, 5.41) is 3.47. The molecule has 0 aromatic heterocycles. The quantitative estimate of drug-likeness (QED) is 0.546. The van der Waals surface area contributed by atoms with Crippen molar-refractivity contribution < 1.29 is 4.79 Å². The van der Waals surface area contributed by atoms with Gasteiger partial charge >= 0.3 is 0 Å². The van der Waals surface area contributed by atoms with Crippen molar-refractivity contribution in [2.45, 2.75) is 30.1 Å². The Kier molecular flexibility index (Phi) is 2.51. The van der Waals surface area contributed by atoms with Gasteiger partial charge in [-0.15, -0.1) is 0 Å². The second-order valence-corrected chi connectivity index (χ2v) is 5.08. The normalized spacial score (nSPS) is 47.1. The van der Waals surface area contributed by atoms with Gasteiger partial charge in [-0.3, -0.25) is 0 Å². The summed E-state index contributed by atoms with van der Waals surface area (Å²) < 4.78 is 0. The van der Waals surface area contributed by atoms with Crippen molar-refractivity contribution in [3.8, 4) is 0 Å². The van der Waals surface area contributed by atoms with Crippen LogP contribution < -0.4 is 5.32 Å². The number of fused-ring (bicyclic) bond motifs is 1. The minimum absolute atomic E-state index is 0.316. The fourth-order valence-electron chi connectivity index (χ4n) is 2.43. The number of hydrogen-bond donors (Lipinski definition) is 1. The first-order chi connectivity index (χ1) is 5.81. The molecule has 4 unspecified atom stereocenters. The van der Waals surface area contributed by atoms with Crippen molar-refractivity contribution in [2.75, 3.05) is 6.54 Å².